The number of hydrogen-bond acceptors (Lipinski definition) is 5. The van der Waals surface area contributed by atoms with Crippen molar-refractivity contribution in [1.29, 1.82) is 0 Å². The van der Waals surface area contributed by atoms with Crippen molar-refractivity contribution in [3.8, 4) is 0 Å². The number of nitrogens with one attached hydrogen (secondary N) is 1. The molecular weight excluding hydrogens is 875 g/mol. The summed E-state index contributed by atoms with van der Waals surface area (Å²) in [5.41, 5.74) is 0. The lowest BCUT2D eigenvalue weighted by Crippen LogP contribution is -2.45. The molecule has 2 atom stereocenters. The molecule has 2 unspecified atom stereocenters. The van der Waals surface area contributed by atoms with Gasteiger partial charge in [0.2, 0.25) is 5.91 Å². The first kappa shape index (κ1) is 69.3. The summed E-state index contributed by atoms with van der Waals surface area (Å²) in [5.74, 6) is -0.0427. The molecule has 420 valence electrons. The van der Waals surface area contributed by atoms with Crippen LogP contribution >= 0.6 is 0 Å². The van der Waals surface area contributed by atoms with Gasteiger partial charge in [0.05, 0.1) is 25.4 Å². The van der Waals surface area contributed by atoms with Crippen LogP contribution in [0.1, 0.15) is 354 Å². The lowest BCUT2D eigenvalue weighted by atomic mass is 10.0. The molecule has 0 aromatic heterocycles. The van der Waals surface area contributed by atoms with Crippen molar-refractivity contribution in [3.63, 3.8) is 0 Å². The summed E-state index contributed by atoms with van der Waals surface area (Å²) >= 11 is 0. The summed E-state index contributed by atoms with van der Waals surface area (Å²) in [5, 5.41) is 23.4. The van der Waals surface area contributed by atoms with Crippen LogP contribution in [0.5, 0.6) is 0 Å². The van der Waals surface area contributed by atoms with E-state index >= 15 is 0 Å². The highest BCUT2D eigenvalue weighted by molar-refractivity contribution is 5.76. The number of hydrogen-bond donors (Lipinski definition) is 3. The van der Waals surface area contributed by atoms with Crippen LogP contribution < -0.4 is 5.32 Å². The van der Waals surface area contributed by atoms with Gasteiger partial charge in [-0.15, -0.1) is 0 Å². The van der Waals surface area contributed by atoms with Gasteiger partial charge >= 0.3 is 5.97 Å². The predicted molar refractivity (Wildman–Crippen MR) is 310 cm³/mol. The highest BCUT2D eigenvalue weighted by Gasteiger charge is 2.20. The summed E-state index contributed by atoms with van der Waals surface area (Å²) in [6.45, 7) is 4.90. The molecule has 0 bridgehead atoms. The Morgan fingerprint density at radius 1 is 0.394 bits per heavy atom. The second-order valence-electron chi connectivity index (χ2n) is 22.1. The van der Waals surface area contributed by atoms with Crippen molar-refractivity contribution in [3.05, 3.63) is 24.3 Å². The van der Waals surface area contributed by atoms with Crippen molar-refractivity contribution >= 4 is 11.9 Å². The fourth-order valence-electron chi connectivity index (χ4n) is 10.1. The molecule has 0 aromatic rings. The lowest BCUT2D eigenvalue weighted by molar-refractivity contribution is -0.143. The van der Waals surface area contributed by atoms with Crippen LogP contribution in [0, 0.1) is 0 Å². The Morgan fingerprint density at radius 3 is 1.13 bits per heavy atom. The van der Waals surface area contributed by atoms with Gasteiger partial charge < -0.3 is 20.3 Å². The van der Waals surface area contributed by atoms with Crippen molar-refractivity contribution in [2.45, 2.75) is 366 Å². The van der Waals surface area contributed by atoms with Crippen molar-refractivity contribution in [2.75, 3.05) is 13.2 Å². The van der Waals surface area contributed by atoms with Crippen LogP contribution in [0.15, 0.2) is 24.3 Å². The molecule has 71 heavy (non-hydrogen) atoms. The molecule has 0 saturated heterocycles. The van der Waals surface area contributed by atoms with Gasteiger partial charge in [0.1, 0.15) is 0 Å². The number of ether oxygens (including phenoxy) is 1. The van der Waals surface area contributed by atoms with Crippen LogP contribution in [0.4, 0.5) is 0 Å². The van der Waals surface area contributed by atoms with Gasteiger partial charge in [-0.2, -0.15) is 0 Å². The Kier molecular flexibility index (Phi) is 59.5. The van der Waals surface area contributed by atoms with Gasteiger partial charge in [-0.25, -0.2) is 0 Å². The summed E-state index contributed by atoms with van der Waals surface area (Å²) in [6.07, 6.45) is 74.8. The fourth-order valence-corrected chi connectivity index (χ4v) is 10.1. The average molecular weight is 1000 g/mol. The molecule has 0 aliphatic heterocycles. The summed E-state index contributed by atoms with van der Waals surface area (Å²) in [6, 6.07) is -0.546. The topological polar surface area (TPSA) is 95.9 Å². The predicted octanol–water partition coefficient (Wildman–Crippen LogP) is 20.2. The molecule has 0 saturated carbocycles. The van der Waals surface area contributed by atoms with Gasteiger partial charge in [-0.3, -0.25) is 9.59 Å². The minimum Gasteiger partial charge on any atom is -0.466 e. The van der Waals surface area contributed by atoms with E-state index in [0.29, 0.717) is 25.9 Å². The number of unbranched alkanes of at least 4 members (excludes halogenated alkanes) is 45. The zero-order valence-corrected chi connectivity index (χ0v) is 48.0. The highest BCUT2D eigenvalue weighted by atomic mass is 16.5. The molecule has 0 aliphatic rings. The molecule has 0 aromatic carbocycles. The van der Waals surface area contributed by atoms with Gasteiger partial charge in [0, 0.05) is 12.8 Å². The number of esters is 1. The molecule has 0 aliphatic carbocycles. The monoisotopic (exact) mass is 1000 g/mol. The number of rotatable bonds is 60. The SMILES string of the molecule is CCC/C=C\C/C=C\CCCCCCCC(=O)OCCCCCCCCCCCCCCCCCCCCC(=O)NC(CO)C(O)CCCCCCCCCCCCCCCCCCCCCCCCC. The maximum atomic E-state index is 12.5. The maximum absolute atomic E-state index is 12.5. The van der Waals surface area contributed by atoms with Gasteiger partial charge in [0.25, 0.3) is 0 Å². The second-order valence-corrected chi connectivity index (χ2v) is 22.1. The molecule has 0 heterocycles. The Morgan fingerprint density at radius 2 is 0.732 bits per heavy atom. The van der Waals surface area contributed by atoms with Gasteiger partial charge in [-0.05, 0) is 51.4 Å². The maximum Gasteiger partial charge on any atom is 0.305 e. The summed E-state index contributed by atoms with van der Waals surface area (Å²) in [7, 11) is 0. The zero-order chi connectivity index (χ0) is 51.4. The number of allylic oxidation sites excluding steroid dienone is 4. The third kappa shape index (κ3) is 57.5. The van der Waals surface area contributed by atoms with Crippen LogP contribution in [-0.2, 0) is 14.3 Å². The molecule has 1 amide bonds. The first-order chi connectivity index (χ1) is 35.0. The average Bonchev–Trinajstić information content (AvgIpc) is 3.37. The van der Waals surface area contributed by atoms with Crippen molar-refractivity contribution in [1.82, 2.24) is 5.32 Å². The summed E-state index contributed by atoms with van der Waals surface area (Å²) < 4.78 is 5.47. The van der Waals surface area contributed by atoms with E-state index in [1.54, 1.807) is 0 Å². The third-order valence-electron chi connectivity index (χ3n) is 15.0. The molecule has 0 rings (SSSR count). The number of aliphatic hydroxyl groups is 2. The van der Waals surface area contributed by atoms with Crippen molar-refractivity contribution in [2.24, 2.45) is 0 Å². The first-order valence-corrected chi connectivity index (χ1v) is 32.1. The Hall–Kier alpha value is -1.66. The van der Waals surface area contributed by atoms with Crippen LogP contribution in [-0.4, -0.2) is 47.4 Å². The first-order valence-electron chi connectivity index (χ1n) is 32.1. The van der Waals surface area contributed by atoms with E-state index in [4.69, 9.17) is 4.74 Å². The Labute approximate surface area is 443 Å². The Balaban J connectivity index is 3.41. The molecular formula is C65H125NO5. The molecule has 6 nitrogen and oxygen atoms in total. The van der Waals surface area contributed by atoms with E-state index < -0.39 is 12.1 Å². The smallest absolute Gasteiger partial charge is 0.305 e. The summed E-state index contributed by atoms with van der Waals surface area (Å²) in [4.78, 5) is 24.6. The van der Waals surface area contributed by atoms with Gasteiger partial charge in [0.15, 0.2) is 0 Å². The Bertz CT molecular complexity index is 1110. The van der Waals surface area contributed by atoms with Crippen LogP contribution in [0.2, 0.25) is 0 Å². The molecule has 0 radical (unpaired) electrons. The molecule has 0 spiro atoms. The van der Waals surface area contributed by atoms with E-state index in [1.807, 2.05) is 0 Å². The number of carbonyl (C=O) groups excluding carboxylic acids is 2. The zero-order valence-electron chi connectivity index (χ0n) is 48.0. The second kappa shape index (κ2) is 60.9. The number of aliphatic hydroxyl groups excluding tert-OH is 2. The van der Waals surface area contributed by atoms with Gasteiger partial charge in [-0.1, -0.05) is 314 Å². The number of amides is 1. The van der Waals surface area contributed by atoms with Crippen LogP contribution in [0.3, 0.4) is 0 Å². The fraction of sp³-hybridized carbons (Fsp3) is 0.908. The number of carbonyl (C=O) groups is 2. The third-order valence-corrected chi connectivity index (χ3v) is 15.0. The molecule has 6 heteroatoms. The van der Waals surface area contributed by atoms with E-state index in [0.717, 1.165) is 51.4 Å². The lowest BCUT2D eigenvalue weighted by Gasteiger charge is -2.22. The van der Waals surface area contributed by atoms with Crippen molar-refractivity contribution < 1.29 is 24.5 Å². The van der Waals surface area contributed by atoms with E-state index in [2.05, 4.69) is 43.5 Å². The highest BCUT2D eigenvalue weighted by Crippen LogP contribution is 2.18. The largest absolute Gasteiger partial charge is 0.466 e. The van der Waals surface area contributed by atoms with Crippen LogP contribution in [0.25, 0.3) is 0 Å². The normalized spacial score (nSPS) is 12.7. The van der Waals surface area contributed by atoms with E-state index in [9.17, 15) is 19.8 Å². The molecule has 3 N–H and O–H groups in total. The minimum absolute atomic E-state index is 0.00721. The quantitative estimate of drug-likeness (QED) is 0.0320. The standard InChI is InChI=1S/C65H125NO5/c1-3-5-7-9-11-13-15-17-18-19-20-21-22-23-24-27-30-34-37-41-45-49-53-57-63(68)62(61-67)66-64(69)58-54-50-46-42-38-35-31-28-25-26-29-32-36-40-44-48-52-56-60-71-65(70)59-55-51-47-43-39-33-16-14-12-10-8-6-4-2/h8,10,14,16,62-63,67-68H,3-7,9,11-13,15,17-61H2,1-2H3,(H,66,69)/b10-8-,16-14-. The molecule has 0 fully saturated rings. The van der Waals surface area contributed by atoms with E-state index in [1.165, 1.54) is 270 Å². The minimum atomic E-state index is -0.669. The van der Waals surface area contributed by atoms with E-state index in [-0.39, 0.29) is 18.5 Å².